The van der Waals surface area contributed by atoms with Crippen molar-refractivity contribution in [2.45, 2.75) is 48.8 Å². The van der Waals surface area contributed by atoms with E-state index in [1.807, 2.05) is 0 Å². The molecule has 0 unspecified atom stereocenters. The van der Waals surface area contributed by atoms with Gasteiger partial charge in [-0.15, -0.1) is 0 Å². The third-order valence-corrected chi connectivity index (χ3v) is 3.38. The average molecular weight is 356 g/mol. The molecule has 1 heterocycles. The zero-order valence-corrected chi connectivity index (χ0v) is 12.2. The zero-order chi connectivity index (χ0) is 18.6. The van der Waals surface area contributed by atoms with Crippen LogP contribution in [0.5, 0.6) is 0 Å². The predicted molar refractivity (Wildman–Crippen MR) is 70.0 cm³/mol. The Labute approximate surface area is 135 Å². The number of ether oxygens (including phenoxy) is 2. The lowest BCUT2D eigenvalue weighted by Crippen LogP contribution is -2.52. The van der Waals surface area contributed by atoms with Crippen LogP contribution in [0.1, 0.15) is 0 Å². The monoisotopic (exact) mass is 356 g/mol. The van der Waals surface area contributed by atoms with Gasteiger partial charge in [-0.05, 0) is 0 Å². The molecule has 1 fully saturated rings. The van der Waals surface area contributed by atoms with Gasteiger partial charge in [0.05, 0.1) is 13.2 Å². The number of aliphatic hydroxyl groups is 8. The zero-order valence-electron chi connectivity index (χ0n) is 12.2. The third-order valence-electron chi connectivity index (χ3n) is 3.38. The van der Waals surface area contributed by atoms with Crippen LogP contribution in [-0.4, -0.2) is 115 Å². The highest BCUT2D eigenvalue weighted by atomic mass is 16.7. The summed E-state index contributed by atoms with van der Waals surface area (Å²) in [5.74, 6) is -2.48. The molecule has 0 aromatic heterocycles. The van der Waals surface area contributed by atoms with Gasteiger partial charge in [0.2, 0.25) is 6.10 Å². The standard InChI is InChI=1S/C12H20O12/c13-1-3(15)5(17)7(19)8(20)11(21)23-9(10-12(22)24-10)6(18)4(16)2-14/h3-10,13-20H,1-2H2/t3-,4-,5-,6-,7+,8-,9+,10-/m1/s1. The second kappa shape index (κ2) is 8.64. The molecule has 1 aliphatic heterocycles. The molecular formula is C12H20O12. The molecule has 24 heavy (non-hydrogen) atoms. The van der Waals surface area contributed by atoms with Gasteiger partial charge in [-0.1, -0.05) is 0 Å². The highest BCUT2D eigenvalue weighted by molar-refractivity contribution is 5.88. The van der Waals surface area contributed by atoms with Crippen molar-refractivity contribution in [3.63, 3.8) is 0 Å². The maximum atomic E-state index is 11.8. The first-order valence-corrected chi connectivity index (χ1v) is 6.86. The molecule has 12 heteroatoms. The second-order valence-electron chi connectivity index (χ2n) is 5.18. The number of carbonyl (C=O) groups is 2. The van der Waals surface area contributed by atoms with Crippen LogP contribution in [0.15, 0.2) is 0 Å². The minimum Gasteiger partial charge on any atom is -0.453 e. The van der Waals surface area contributed by atoms with Gasteiger partial charge in [-0.3, -0.25) is 0 Å². The number of hydrogen-bond donors (Lipinski definition) is 8. The summed E-state index contributed by atoms with van der Waals surface area (Å²) in [5.41, 5.74) is 0. The highest BCUT2D eigenvalue weighted by Crippen LogP contribution is 2.24. The fourth-order valence-corrected chi connectivity index (χ4v) is 1.80. The molecule has 8 N–H and O–H groups in total. The molecule has 0 aromatic rings. The Kier molecular flexibility index (Phi) is 7.44. The fraction of sp³-hybridized carbons (Fsp3) is 0.833. The van der Waals surface area contributed by atoms with Crippen molar-refractivity contribution >= 4 is 11.9 Å². The molecule has 1 rings (SSSR count). The third kappa shape index (κ3) is 4.81. The van der Waals surface area contributed by atoms with Gasteiger partial charge in [0, 0.05) is 0 Å². The largest absolute Gasteiger partial charge is 0.453 e. The minimum atomic E-state index is -2.41. The van der Waals surface area contributed by atoms with Gasteiger partial charge in [-0.25, -0.2) is 9.59 Å². The van der Waals surface area contributed by atoms with E-state index in [0.717, 1.165) is 0 Å². The van der Waals surface area contributed by atoms with Crippen LogP contribution in [-0.2, 0) is 19.1 Å². The van der Waals surface area contributed by atoms with Crippen LogP contribution in [0, 0.1) is 0 Å². The van der Waals surface area contributed by atoms with E-state index in [0.29, 0.717) is 0 Å². The van der Waals surface area contributed by atoms with Gasteiger partial charge < -0.3 is 50.3 Å². The summed E-state index contributed by atoms with van der Waals surface area (Å²) >= 11 is 0. The Hall–Kier alpha value is -1.38. The van der Waals surface area contributed by atoms with Crippen LogP contribution >= 0.6 is 0 Å². The van der Waals surface area contributed by atoms with Crippen LogP contribution in [0.3, 0.4) is 0 Å². The van der Waals surface area contributed by atoms with E-state index in [1.165, 1.54) is 0 Å². The first-order valence-electron chi connectivity index (χ1n) is 6.86. The molecule has 1 saturated heterocycles. The normalized spacial score (nSPS) is 25.7. The van der Waals surface area contributed by atoms with E-state index < -0.39 is 74.0 Å². The number of rotatable bonds is 10. The number of carbonyl (C=O) groups excluding carboxylic acids is 2. The molecule has 140 valence electrons. The van der Waals surface area contributed by atoms with Gasteiger partial charge in [0.1, 0.15) is 30.5 Å². The summed E-state index contributed by atoms with van der Waals surface area (Å²) < 4.78 is 9.01. The molecule has 0 aromatic carbocycles. The van der Waals surface area contributed by atoms with Crippen LogP contribution < -0.4 is 0 Å². The van der Waals surface area contributed by atoms with Gasteiger partial charge in [0.15, 0.2) is 12.2 Å². The number of epoxide rings is 1. The second-order valence-corrected chi connectivity index (χ2v) is 5.18. The summed E-state index contributed by atoms with van der Waals surface area (Å²) in [4.78, 5) is 22.7. The molecule has 0 saturated carbocycles. The molecule has 0 bridgehead atoms. The van der Waals surface area contributed by atoms with Crippen molar-refractivity contribution in [3.05, 3.63) is 0 Å². The Bertz CT molecular complexity index is 442. The van der Waals surface area contributed by atoms with Crippen LogP contribution in [0.25, 0.3) is 0 Å². The lowest BCUT2D eigenvalue weighted by Gasteiger charge is -2.27. The van der Waals surface area contributed by atoms with E-state index in [9.17, 15) is 35.1 Å². The molecule has 8 atom stereocenters. The summed E-state index contributed by atoms with van der Waals surface area (Å²) in [7, 11) is 0. The van der Waals surface area contributed by atoms with Gasteiger partial charge in [0.25, 0.3) is 0 Å². The van der Waals surface area contributed by atoms with Crippen molar-refractivity contribution in [1.82, 2.24) is 0 Å². The molecule has 0 radical (unpaired) electrons. The Morgan fingerprint density at radius 3 is 1.83 bits per heavy atom. The minimum absolute atomic E-state index is 0.872. The summed E-state index contributed by atoms with van der Waals surface area (Å²) in [5, 5.41) is 74.2. The highest BCUT2D eigenvalue weighted by Gasteiger charge is 2.53. The number of cyclic esters (lactones) is 1. The topological polar surface area (TPSA) is 218 Å². The molecule has 1 aliphatic rings. The van der Waals surface area contributed by atoms with Crippen molar-refractivity contribution in [1.29, 1.82) is 0 Å². The molecule has 0 spiro atoms. The fourth-order valence-electron chi connectivity index (χ4n) is 1.80. The maximum absolute atomic E-state index is 11.8. The number of aliphatic hydroxyl groups excluding tert-OH is 8. The van der Waals surface area contributed by atoms with Gasteiger partial charge in [-0.2, -0.15) is 0 Å². The van der Waals surface area contributed by atoms with E-state index in [1.54, 1.807) is 0 Å². The van der Waals surface area contributed by atoms with Crippen molar-refractivity contribution in [2.24, 2.45) is 0 Å². The van der Waals surface area contributed by atoms with Crippen molar-refractivity contribution < 1.29 is 59.9 Å². The quantitative estimate of drug-likeness (QED) is 0.135. The summed E-state index contributed by atoms with van der Waals surface area (Å²) in [6.45, 7) is -1.89. The summed E-state index contributed by atoms with van der Waals surface area (Å²) in [6, 6.07) is 0. The smallest absolute Gasteiger partial charge is 0.352 e. The molecule has 12 nitrogen and oxygen atoms in total. The molecule has 0 aliphatic carbocycles. The Morgan fingerprint density at radius 1 is 0.958 bits per heavy atom. The van der Waals surface area contributed by atoms with Crippen LogP contribution in [0.2, 0.25) is 0 Å². The maximum Gasteiger partial charge on any atom is 0.352 e. The first kappa shape index (κ1) is 20.7. The van der Waals surface area contributed by atoms with Gasteiger partial charge >= 0.3 is 11.9 Å². The van der Waals surface area contributed by atoms with E-state index in [2.05, 4.69) is 9.47 Å². The van der Waals surface area contributed by atoms with Crippen LogP contribution in [0.4, 0.5) is 0 Å². The molecule has 0 amide bonds. The number of hydrogen-bond acceptors (Lipinski definition) is 12. The van der Waals surface area contributed by atoms with E-state index in [4.69, 9.17) is 15.3 Å². The average Bonchev–Trinajstić information content (AvgIpc) is 3.31. The van der Waals surface area contributed by atoms with Crippen molar-refractivity contribution in [2.75, 3.05) is 13.2 Å². The Morgan fingerprint density at radius 2 is 1.42 bits per heavy atom. The van der Waals surface area contributed by atoms with E-state index in [-0.39, 0.29) is 0 Å². The predicted octanol–water partition coefficient (Wildman–Crippen LogP) is -6.03. The first-order chi connectivity index (χ1) is 11.1. The molecular weight excluding hydrogens is 336 g/mol. The lowest BCUT2D eigenvalue weighted by molar-refractivity contribution is -0.185. The number of esters is 1. The lowest BCUT2D eigenvalue weighted by atomic mass is 10.0. The SMILES string of the molecule is O=C(O[C@@H]([C@H](O)[C@H](O)CO)[C@H]1OC1=O)[C@H](O)[C@@H](O)[C@H](O)[C@H](O)CO. The summed E-state index contributed by atoms with van der Waals surface area (Å²) in [6.07, 6.45) is -15.5. The van der Waals surface area contributed by atoms with Crippen molar-refractivity contribution in [3.8, 4) is 0 Å². The Balaban J connectivity index is 2.75. The van der Waals surface area contributed by atoms with E-state index >= 15 is 0 Å².